The molecule has 0 fully saturated rings. The van der Waals surface area contributed by atoms with E-state index in [2.05, 4.69) is 0 Å². The van der Waals surface area contributed by atoms with Crippen LogP contribution in [0.25, 0.3) is 0 Å². The monoisotopic (exact) mass is 193 g/mol. The Hall–Kier alpha value is -0.210. The molecule has 0 heterocycles. The minimum Gasteiger partial charge on any atom is -0.228 e. The summed E-state index contributed by atoms with van der Waals surface area (Å²) in [7, 11) is -3.05. The van der Waals surface area contributed by atoms with E-state index in [1.807, 2.05) is 6.92 Å². The fraction of sp³-hybridized carbons (Fsp3) is 0.833. The number of hydrogen-bond donors (Lipinski definition) is 0. The van der Waals surface area contributed by atoms with E-state index in [0.717, 1.165) is 24.4 Å². The molecule has 1 atom stereocenters. The Morgan fingerprint density at radius 3 is 2.45 bits per heavy atom. The van der Waals surface area contributed by atoms with Gasteiger partial charge >= 0.3 is 0 Å². The molecule has 0 aromatic rings. The zero-order chi connectivity index (χ0) is 8.91. The van der Waals surface area contributed by atoms with E-state index in [0.29, 0.717) is 6.42 Å². The van der Waals surface area contributed by atoms with E-state index in [1.165, 1.54) is 0 Å². The standard InChI is InChI=1S/C6H11NO2S2/c1-3-4-6(10-5-7)11(2,8)9/h6H,3-4H2,1-2H3. The van der Waals surface area contributed by atoms with Crippen LogP contribution in [0.4, 0.5) is 0 Å². The molecule has 0 aromatic carbocycles. The van der Waals surface area contributed by atoms with Crippen molar-refractivity contribution < 1.29 is 8.42 Å². The molecule has 0 amide bonds. The maximum Gasteiger partial charge on any atom is 0.160 e. The highest BCUT2D eigenvalue weighted by molar-refractivity contribution is 8.15. The molecular formula is C6H11NO2S2. The van der Waals surface area contributed by atoms with E-state index >= 15 is 0 Å². The van der Waals surface area contributed by atoms with Gasteiger partial charge in [-0.05, 0) is 18.2 Å². The van der Waals surface area contributed by atoms with Crippen molar-refractivity contribution in [3.63, 3.8) is 0 Å². The molecule has 0 saturated heterocycles. The number of rotatable bonds is 4. The summed E-state index contributed by atoms with van der Waals surface area (Å²) in [5.74, 6) is 0. The van der Waals surface area contributed by atoms with Gasteiger partial charge in [-0.15, -0.1) is 0 Å². The molecular weight excluding hydrogens is 182 g/mol. The van der Waals surface area contributed by atoms with Crippen molar-refractivity contribution >= 4 is 21.6 Å². The lowest BCUT2D eigenvalue weighted by molar-refractivity contribution is 0.595. The maximum absolute atomic E-state index is 10.9. The van der Waals surface area contributed by atoms with Crippen molar-refractivity contribution in [1.29, 1.82) is 5.26 Å². The lowest BCUT2D eigenvalue weighted by atomic mass is 10.4. The smallest absolute Gasteiger partial charge is 0.160 e. The summed E-state index contributed by atoms with van der Waals surface area (Å²) in [5, 5.41) is 10.1. The van der Waals surface area contributed by atoms with Gasteiger partial charge in [-0.3, -0.25) is 0 Å². The average molecular weight is 193 g/mol. The van der Waals surface area contributed by atoms with Gasteiger partial charge in [-0.1, -0.05) is 13.3 Å². The van der Waals surface area contributed by atoms with Crippen LogP contribution in [0, 0.1) is 10.7 Å². The lowest BCUT2D eigenvalue weighted by Gasteiger charge is -2.07. The van der Waals surface area contributed by atoms with Gasteiger partial charge in [-0.2, -0.15) is 5.26 Å². The second-order valence-corrected chi connectivity index (χ2v) is 5.77. The molecule has 11 heavy (non-hydrogen) atoms. The van der Waals surface area contributed by atoms with Gasteiger partial charge in [-0.25, -0.2) is 8.42 Å². The molecule has 0 aliphatic carbocycles. The van der Waals surface area contributed by atoms with Crippen LogP contribution in [-0.2, 0) is 9.84 Å². The molecule has 0 radical (unpaired) electrons. The van der Waals surface area contributed by atoms with E-state index < -0.39 is 14.4 Å². The van der Waals surface area contributed by atoms with E-state index in [-0.39, 0.29) is 0 Å². The highest BCUT2D eigenvalue weighted by Crippen LogP contribution is 2.19. The third kappa shape index (κ3) is 4.27. The molecule has 0 saturated carbocycles. The minimum absolute atomic E-state index is 0.544. The molecule has 5 heteroatoms. The molecule has 0 aromatic heterocycles. The number of hydrogen-bond acceptors (Lipinski definition) is 4. The Labute approximate surface area is 71.7 Å². The summed E-state index contributed by atoms with van der Waals surface area (Å²) in [4.78, 5) is 0. The molecule has 3 nitrogen and oxygen atoms in total. The molecule has 0 aliphatic heterocycles. The first-order chi connectivity index (χ1) is 5.02. The first kappa shape index (κ1) is 10.8. The van der Waals surface area contributed by atoms with Gasteiger partial charge in [0.25, 0.3) is 0 Å². The van der Waals surface area contributed by atoms with Crippen molar-refractivity contribution in [2.45, 2.75) is 24.3 Å². The Bertz CT molecular complexity index is 240. The van der Waals surface area contributed by atoms with Crippen LogP contribution >= 0.6 is 11.8 Å². The van der Waals surface area contributed by atoms with E-state index in [9.17, 15) is 8.42 Å². The van der Waals surface area contributed by atoms with Crippen LogP contribution < -0.4 is 0 Å². The summed E-state index contributed by atoms with van der Waals surface area (Å²) in [6.45, 7) is 1.90. The second-order valence-electron chi connectivity index (χ2n) is 2.26. The number of nitriles is 1. The summed E-state index contributed by atoms with van der Waals surface area (Å²) in [6, 6.07) is 0. The van der Waals surface area contributed by atoms with Gasteiger partial charge in [0.05, 0.1) is 0 Å². The maximum atomic E-state index is 10.9. The number of nitrogens with zero attached hydrogens (tertiary/aromatic N) is 1. The topological polar surface area (TPSA) is 57.9 Å². The Kier molecular flexibility index (Phi) is 4.54. The quantitative estimate of drug-likeness (QED) is 0.633. The number of sulfone groups is 1. The van der Waals surface area contributed by atoms with Crippen LogP contribution in [0.5, 0.6) is 0 Å². The van der Waals surface area contributed by atoms with E-state index in [1.54, 1.807) is 5.40 Å². The van der Waals surface area contributed by atoms with Gasteiger partial charge in [0, 0.05) is 6.26 Å². The SMILES string of the molecule is CCCC(SC#N)S(C)(=O)=O. The van der Waals surface area contributed by atoms with Gasteiger partial charge < -0.3 is 0 Å². The van der Waals surface area contributed by atoms with Crippen molar-refractivity contribution in [2.75, 3.05) is 6.26 Å². The fourth-order valence-electron chi connectivity index (χ4n) is 0.655. The minimum atomic E-state index is -3.05. The molecule has 0 bridgehead atoms. The van der Waals surface area contributed by atoms with Crippen LogP contribution in [0.2, 0.25) is 0 Å². The normalized spacial score (nSPS) is 13.9. The fourth-order valence-corrected chi connectivity index (χ4v) is 2.62. The van der Waals surface area contributed by atoms with Gasteiger partial charge in [0.15, 0.2) is 9.84 Å². The summed E-state index contributed by atoms with van der Waals surface area (Å²) in [5.41, 5.74) is 0. The van der Waals surface area contributed by atoms with Gasteiger partial charge in [0.1, 0.15) is 9.98 Å². The first-order valence-electron chi connectivity index (χ1n) is 3.26. The number of thiocyanates is 1. The van der Waals surface area contributed by atoms with E-state index in [4.69, 9.17) is 5.26 Å². The third-order valence-electron chi connectivity index (χ3n) is 1.19. The van der Waals surface area contributed by atoms with Crippen molar-refractivity contribution in [2.24, 2.45) is 0 Å². The average Bonchev–Trinajstić information content (AvgIpc) is 1.85. The third-order valence-corrected chi connectivity index (χ3v) is 4.32. The largest absolute Gasteiger partial charge is 0.228 e. The van der Waals surface area contributed by atoms with Crippen molar-refractivity contribution in [1.82, 2.24) is 0 Å². The Morgan fingerprint density at radius 1 is 1.64 bits per heavy atom. The first-order valence-corrected chi connectivity index (χ1v) is 6.09. The molecule has 0 aliphatic rings. The molecule has 0 N–H and O–H groups in total. The van der Waals surface area contributed by atoms with Gasteiger partial charge in [0.2, 0.25) is 0 Å². The summed E-state index contributed by atoms with van der Waals surface area (Å²) >= 11 is 0.826. The molecule has 0 rings (SSSR count). The molecule has 1 unspecified atom stereocenters. The molecule has 64 valence electrons. The van der Waals surface area contributed by atoms with Crippen molar-refractivity contribution in [3.8, 4) is 5.40 Å². The summed E-state index contributed by atoms with van der Waals surface area (Å²) in [6.07, 6.45) is 2.50. The highest BCUT2D eigenvalue weighted by atomic mass is 32.3. The zero-order valence-electron chi connectivity index (χ0n) is 6.57. The Morgan fingerprint density at radius 2 is 2.18 bits per heavy atom. The van der Waals surface area contributed by atoms with Crippen LogP contribution in [0.1, 0.15) is 19.8 Å². The van der Waals surface area contributed by atoms with Crippen molar-refractivity contribution in [3.05, 3.63) is 0 Å². The lowest BCUT2D eigenvalue weighted by Crippen LogP contribution is -2.14. The predicted octanol–water partition coefficient (Wildman–Crippen LogP) is 1.37. The van der Waals surface area contributed by atoms with Crippen LogP contribution in [0.3, 0.4) is 0 Å². The molecule has 0 spiro atoms. The zero-order valence-corrected chi connectivity index (χ0v) is 8.20. The highest BCUT2D eigenvalue weighted by Gasteiger charge is 2.19. The second kappa shape index (κ2) is 4.62. The van der Waals surface area contributed by atoms with Crippen LogP contribution in [-0.4, -0.2) is 19.3 Å². The van der Waals surface area contributed by atoms with Crippen LogP contribution in [0.15, 0.2) is 0 Å². The summed E-state index contributed by atoms with van der Waals surface area (Å²) < 4.78 is 21.3. The Balaban J connectivity index is 4.25. The number of thioether (sulfide) groups is 1. The predicted molar refractivity (Wildman–Crippen MR) is 46.7 cm³/mol.